The van der Waals surface area contributed by atoms with E-state index in [4.69, 9.17) is 11.6 Å². The SMILES string of the molecule is CCc1cc2c(Cl)nc(-c3ccc(F)c(F)c3Br)nc2s1. The molecule has 0 N–H and O–H groups in total. The van der Waals surface area contributed by atoms with Crippen LogP contribution in [0.5, 0.6) is 0 Å². The summed E-state index contributed by atoms with van der Waals surface area (Å²) in [5.41, 5.74) is 0.365. The Balaban J connectivity index is 2.23. The molecule has 0 radical (unpaired) electrons. The molecule has 0 saturated heterocycles. The molecule has 2 heterocycles. The van der Waals surface area contributed by atoms with Crippen molar-refractivity contribution in [3.63, 3.8) is 0 Å². The lowest BCUT2D eigenvalue weighted by molar-refractivity contribution is 0.504. The molecule has 1 aromatic carbocycles. The van der Waals surface area contributed by atoms with Gasteiger partial charge in [-0.25, -0.2) is 18.7 Å². The van der Waals surface area contributed by atoms with Gasteiger partial charge in [0.15, 0.2) is 17.5 Å². The number of halogens is 4. The minimum absolute atomic E-state index is 0.00909. The number of aryl methyl sites for hydroxylation is 1. The molecule has 2 nitrogen and oxygen atoms in total. The summed E-state index contributed by atoms with van der Waals surface area (Å²) < 4.78 is 26.8. The van der Waals surface area contributed by atoms with E-state index in [1.54, 1.807) is 0 Å². The zero-order valence-corrected chi connectivity index (χ0v) is 13.9. The number of aromatic nitrogens is 2. The molecule has 2 aromatic heterocycles. The molecular weight excluding hydrogens is 382 g/mol. The second kappa shape index (κ2) is 5.59. The second-order valence-electron chi connectivity index (χ2n) is 4.35. The topological polar surface area (TPSA) is 25.8 Å². The van der Waals surface area contributed by atoms with Crippen LogP contribution in [0.4, 0.5) is 8.78 Å². The number of rotatable bonds is 2. The summed E-state index contributed by atoms with van der Waals surface area (Å²) >= 11 is 10.7. The highest BCUT2D eigenvalue weighted by molar-refractivity contribution is 9.10. The lowest BCUT2D eigenvalue weighted by Gasteiger charge is -2.05. The molecule has 7 heteroatoms. The van der Waals surface area contributed by atoms with E-state index in [1.807, 2.05) is 13.0 Å². The number of benzene rings is 1. The highest BCUT2D eigenvalue weighted by atomic mass is 79.9. The fourth-order valence-electron chi connectivity index (χ4n) is 1.93. The van der Waals surface area contributed by atoms with Crippen molar-refractivity contribution in [3.05, 3.63) is 44.3 Å². The van der Waals surface area contributed by atoms with Crippen LogP contribution in [-0.2, 0) is 6.42 Å². The molecule has 0 saturated carbocycles. The normalized spacial score (nSPS) is 11.3. The van der Waals surface area contributed by atoms with Crippen LogP contribution in [0.3, 0.4) is 0 Å². The molecule has 0 fully saturated rings. The van der Waals surface area contributed by atoms with Gasteiger partial charge in [-0.05, 0) is 40.5 Å². The van der Waals surface area contributed by atoms with Crippen LogP contribution in [0.1, 0.15) is 11.8 Å². The van der Waals surface area contributed by atoms with Crippen LogP contribution in [-0.4, -0.2) is 9.97 Å². The Hall–Kier alpha value is -1.11. The summed E-state index contributed by atoms with van der Waals surface area (Å²) in [6, 6.07) is 4.42. The molecule has 0 bridgehead atoms. The van der Waals surface area contributed by atoms with Crippen LogP contribution < -0.4 is 0 Å². The van der Waals surface area contributed by atoms with Crippen molar-refractivity contribution in [2.24, 2.45) is 0 Å². The Labute approximate surface area is 136 Å². The fraction of sp³-hybridized carbons (Fsp3) is 0.143. The first kappa shape index (κ1) is 14.8. The lowest BCUT2D eigenvalue weighted by atomic mass is 10.2. The lowest BCUT2D eigenvalue weighted by Crippen LogP contribution is -1.94. The molecule has 108 valence electrons. The predicted molar refractivity (Wildman–Crippen MR) is 84.9 cm³/mol. The van der Waals surface area contributed by atoms with Crippen LogP contribution >= 0.6 is 38.9 Å². The fourth-order valence-corrected chi connectivity index (χ4v) is 3.68. The van der Waals surface area contributed by atoms with E-state index >= 15 is 0 Å². The van der Waals surface area contributed by atoms with Gasteiger partial charge in [0, 0.05) is 15.8 Å². The highest BCUT2D eigenvalue weighted by Gasteiger charge is 2.17. The maximum absolute atomic E-state index is 13.6. The first-order valence-corrected chi connectivity index (χ1v) is 8.09. The molecule has 3 rings (SSSR count). The minimum Gasteiger partial charge on any atom is -0.217 e. The van der Waals surface area contributed by atoms with Crippen molar-refractivity contribution in [2.45, 2.75) is 13.3 Å². The summed E-state index contributed by atoms with van der Waals surface area (Å²) in [7, 11) is 0. The van der Waals surface area contributed by atoms with Crippen LogP contribution in [0.25, 0.3) is 21.6 Å². The Bertz CT molecular complexity index is 851. The maximum Gasteiger partial charge on any atom is 0.173 e. The number of nitrogens with zero attached hydrogens (tertiary/aromatic N) is 2. The predicted octanol–water partition coefficient (Wildman–Crippen LogP) is 5.61. The maximum atomic E-state index is 13.6. The first-order valence-electron chi connectivity index (χ1n) is 6.11. The van der Waals surface area contributed by atoms with Crippen molar-refractivity contribution in [3.8, 4) is 11.4 Å². The second-order valence-corrected chi connectivity index (χ2v) is 6.61. The molecule has 21 heavy (non-hydrogen) atoms. The number of fused-ring (bicyclic) bond motifs is 1. The van der Waals surface area contributed by atoms with Crippen molar-refractivity contribution in [1.82, 2.24) is 9.97 Å². The third-order valence-corrected chi connectivity index (χ3v) is 5.26. The van der Waals surface area contributed by atoms with Gasteiger partial charge in [0.05, 0.1) is 4.47 Å². The van der Waals surface area contributed by atoms with E-state index in [9.17, 15) is 8.78 Å². The average molecular weight is 390 g/mol. The summed E-state index contributed by atoms with van der Waals surface area (Å²) in [5, 5.41) is 1.09. The number of hydrogen-bond donors (Lipinski definition) is 0. The zero-order valence-electron chi connectivity index (χ0n) is 10.8. The van der Waals surface area contributed by atoms with E-state index in [2.05, 4.69) is 25.9 Å². The van der Waals surface area contributed by atoms with Gasteiger partial charge in [0.2, 0.25) is 0 Å². The van der Waals surface area contributed by atoms with Crippen LogP contribution in [0.2, 0.25) is 5.15 Å². The Morgan fingerprint density at radius 3 is 2.76 bits per heavy atom. The number of hydrogen-bond acceptors (Lipinski definition) is 3. The summed E-state index contributed by atoms with van der Waals surface area (Å²) in [4.78, 5) is 10.5. The first-order chi connectivity index (χ1) is 10.0. The molecule has 0 aliphatic carbocycles. The van der Waals surface area contributed by atoms with Gasteiger partial charge in [0.25, 0.3) is 0 Å². The standard InChI is InChI=1S/C14H8BrClF2N2S/c1-2-6-5-8-12(16)19-13(20-14(8)21-6)7-3-4-9(17)11(18)10(7)15/h3-5H,2H2,1H3. The van der Waals surface area contributed by atoms with Crippen molar-refractivity contribution in [2.75, 3.05) is 0 Å². The summed E-state index contributed by atoms with van der Waals surface area (Å²) in [6.45, 7) is 2.04. The van der Waals surface area contributed by atoms with Crippen molar-refractivity contribution in [1.29, 1.82) is 0 Å². The van der Waals surface area contributed by atoms with Gasteiger partial charge in [0.1, 0.15) is 9.98 Å². The van der Waals surface area contributed by atoms with Crippen LogP contribution in [0.15, 0.2) is 22.7 Å². The van der Waals surface area contributed by atoms with E-state index in [0.717, 1.165) is 27.6 Å². The molecule has 0 atom stereocenters. The van der Waals surface area contributed by atoms with E-state index in [0.29, 0.717) is 10.7 Å². The summed E-state index contributed by atoms with van der Waals surface area (Å²) in [5.74, 6) is -1.63. The average Bonchev–Trinajstić information content (AvgIpc) is 2.88. The van der Waals surface area contributed by atoms with Crippen molar-refractivity contribution >= 4 is 49.1 Å². The van der Waals surface area contributed by atoms with Crippen LogP contribution in [0, 0.1) is 11.6 Å². The summed E-state index contributed by atoms with van der Waals surface area (Å²) in [6.07, 6.45) is 0.877. The Morgan fingerprint density at radius 1 is 1.29 bits per heavy atom. The van der Waals surface area contributed by atoms with Gasteiger partial charge in [-0.2, -0.15) is 0 Å². The Kier molecular flexibility index (Phi) is 3.94. The monoisotopic (exact) mass is 388 g/mol. The minimum atomic E-state index is -0.965. The van der Waals surface area contributed by atoms with E-state index < -0.39 is 11.6 Å². The van der Waals surface area contributed by atoms with Crippen molar-refractivity contribution < 1.29 is 8.78 Å². The number of thiophene rings is 1. The molecule has 0 amide bonds. The molecule has 0 spiro atoms. The zero-order chi connectivity index (χ0) is 15.1. The van der Waals surface area contributed by atoms with Gasteiger partial charge in [-0.15, -0.1) is 11.3 Å². The molecule has 0 aliphatic rings. The molecule has 0 aliphatic heterocycles. The Morgan fingerprint density at radius 2 is 2.05 bits per heavy atom. The highest BCUT2D eigenvalue weighted by Crippen LogP contribution is 2.34. The molecule has 0 unspecified atom stereocenters. The van der Waals surface area contributed by atoms with E-state index in [1.165, 1.54) is 17.4 Å². The third-order valence-electron chi connectivity index (χ3n) is 3.02. The van der Waals surface area contributed by atoms with Gasteiger partial charge >= 0.3 is 0 Å². The van der Waals surface area contributed by atoms with Gasteiger partial charge in [-0.1, -0.05) is 18.5 Å². The largest absolute Gasteiger partial charge is 0.217 e. The van der Waals surface area contributed by atoms with Gasteiger partial charge in [-0.3, -0.25) is 0 Å². The third kappa shape index (κ3) is 2.56. The van der Waals surface area contributed by atoms with E-state index in [-0.39, 0.29) is 10.3 Å². The van der Waals surface area contributed by atoms with Gasteiger partial charge < -0.3 is 0 Å². The molecular formula is C14H8BrClF2N2S. The smallest absolute Gasteiger partial charge is 0.173 e. The molecule has 3 aromatic rings. The quantitative estimate of drug-likeness (QED) is 0.420.